The lowest BCUT2D eigenvalue weighted by molar-refractivity contribution is 0.583. The summed E-state index contributed by atoms with van der Waals surface area (Å²) in [5.74, 6) is -0.672. The van der Waals surface area contributed by atoms with E-state index in [1.165, 1.54) is 18.3 Å². The van der Waals surface area contributed by atoms with Crippen molar-refractivity contribution < 1.29 is 12.8 Å². The Labute approximate surface area is 120 Å². The fourth-order valence-electron chi connectivity index (χ4n) is 1.97. The first-order valence-electron chi connectivity index (χ1n) is 6.03. The molecule has 0 fully saturated rings. The second-order valence-electron chi connectivity index (χ2n) is 4.33. The molecule has 106 valence electrons. The van der Waals surface area contributed by atoms with Crippen LogP contribution in [0.1, 0.15) is 0 Å². The van der Waals surface area contributed by atoms with E-state index < -0.39 is 16.0 Å². The molecule has 0 aliphatic carbocycles. The van der Waals surface area contributed by atoms with Crippen molar-refractivity contribution in [1.82, 2.24) is 9.97 Å². The molecule has 0 amide bonds. The molecule has 3 aromatic rings. The summed E-state index contributed by atoms with van der Waals surface area (Å²) < 4.78 is 40.0. The first-order valence-corrected chi connectivity index (χ1v) is 7.52. The lowest BCUT2D eigenvalue weighted by atomic mass is 10.2. The zero-order valence-electron chi connectivity index (χ0n) is 10.7. The van der Waals surface area contributed by atoms with E-state index in [0.717, 1.165) is 17.6 Å². The molecular formula is C14H10FN3O2S. The standard InChI is InChI=1S/C14H10FN3O2S/c15-14-5-4-11(9-17-14)18-21(19,20)13-3-1-2-10-8-16-7-6-12(10)13/h1-9,18H. The van der Waals surface area contributed by atoms with Crippen LogP contribution in [-0.4, -0.2) is 18.4 Å². The van der Waals surface area contributed by atoms with Crippen LogP contribution in [0.3, 0.4) is 0 Å². The van der Waals surface area contributed by atoms with E-state index in [0.29, 0.717) is 5.39 Å². The van der Waals surface area contributed by atoms with Gasteiger partial charge in [-0.3, -0.25) is 9.71 Å². The van der Waals surface area contributed by atoms with Gasteiger partial charge in [-0.25, -0.2) is 13.4 Å². The maximum absolute atomic E-state index is 12.8. The molecule has 0 saturated carbocycles. The lowest BCUT2D eigenvalue weighted by Gasteiger charge is -2.10. The number of rotatable bonds is 3. The average molecular weight is 303 g/mol. The number of fused-ring (bicyclic) bond motifs is 1. The Hall–Kier alpha value is -2.54. The van der Waals surface area contributed by atoms with Gasteiger partial charge in [0.2, 0.25) is 5.95 Å². The smallest absolute Gasteiger partial charge is 0.262 e. The molecule has 3 rings (SSSR count). The fraction of sp³-hybridized carbons (Fsp3) is 0. The number of hydrogen-bond donors (Lipinski definition) is 1. The van der Waals surface area contributed by atoms with Crippen LogP contribution in [0.2, 0.25) is 0 Å². The van der Waals surface area contributed by atoms with E-state index in [4.69, 9.17) is 0 Å². The number of pyridine rings is 2. The third-order valence-corrected chi connectivity index (χ3v) is 4.35. The normalized spacial score (nSPS) is 11.5. The van der Waals surface area contributed by atoms with Crippen LogP contribution >= 0.6 is 0 Å². The minimum atomic E-state index is -3.79. The van der Waals surface area contributed by atoms with Crippen molar-refractivity contribution in [2.45, 2.75) is 4.90 Å². The summed E-state index contributed by atoms with van der Waals surface area (Å²) in [4.78, 5) is 7.51. The summed E-state index contributed by atoms with van der Waals surface area (Å²) in [5, 5.41) is 1.28. The molecule has 0 atom stereocenters. The highest BCUT2D eigenvalue weighted by Crippen LogP contribution is 2.24. The van der Waals surface area contributed by atoms with Crippen molar-refractivity contribution in [3.05, 3.63) is 60.9 Å². The number of benzene rings is 1. The molecule has 7 heteroatoms. The van der Waals surface area contributed by atoms with Crippen molar-refractivity contribution in [3.63, 3.8) is 0 Å². The number of nitrogens with one attached hydrogen (secondary N) is 1. The van der Waals surface area contributed by atoms with Crippen LogP contribution < -0.4 is 4.72 Å². The molecule has 0 unspecified atom stereocenters. The molecule has 21 heavy (non-hydrogen) atoms. The molecule has 1 aromatic carbocycles. The second-order valence-corrected chi connectivity index (χ2v) is 5.98. The summed E-state index contributed by atoms with van der Waals surface area (Å²) in [6.45, 7) is 0. The third kappa shape index (κ3) is 2.68. The van der Waals surface area contributed by atoms with Gasteiger partial charge in [0.1, 0.15) is 0 Å². The third-order valence-electron chi connectivity index (χ3n) is 2.91. The molecule has 0 radical (unpaired) electrons. The molecule has 0 aliphatic heterocycles. The van der Waals surface area contributed by atoms with Crippen molar-refractivity contribution in [3.8, 4) is 0 Å². The molecule has 2 heterocycles. The van der Waals surface area contributed by atoms with Crippen LogP contribution in [0.5, 0.6) is 0 Å². The van der Waals surface area contributed by atoms with Gasteiger partial charge in [-0.1, -0.05) is 12.1 Å². The van der Waals surface area contributed by atoms with Crippen LogP contribution in [0.15, 0.2) is 59.9 Å². The van der Waals surface area contributed by atoms with Crippen LogP contribution in [-0.2, 0) is 10.0 Å². The highest BCUT2D eigenvalue weighted by atomic mass is 32.2. The minimum absolute atomic E-state index is 0.131. The first kappa shape index (κ1) is 13.4. The zero-order chi connectivity index (χ0) is 14.9. The molecule has 1 N–H and O–H groups in total. The van der Waals surface area contributed by atoms with Crippen molar-refractivity contribution in [2.24, 2.45) is 0 Å². The van der Waals surface area contributed by atoms with Crippen LogP contribution in [0.4, 0.5) is 10.1 Å². The molecule has 0 bridgehead atoms. The molecule has 0 spiro atoms. The zero-order valence-corrected chi connectivity index (χ0v) is 11.5. The number of halogens is 1. The van der Waals surface area contributed by atoms with E-state index in [2.05, 4.69) is 14.7 Å². The topological polar surface area (TPSA) is 72.0 Å². The van der Waals surface area contributed by atoms with Gasteiger partial charge in [-0.2, -0.15) is 4.39 Å². The predicted octanol–water partition coefficient (Wildman–Crippen LogP) is 2.57. The maximum atomic E-state index is 12.8. The van der Waals surface area contributed by atoms with Gasteiger partial charge in [0.05, 0.1) is 16.8 Å². The lowest BCUT2D eigenvalue weighted by Crippen LogP contribution is -2.13. The average Bonchev–Trinajstić information content (AvgIpc) is 2.49. The molecule has 0 aliphatic rings. The second kappa shape index (κ2) is 5.10. The summed E-state index contributed by atoms with van der Waals surface area (Å²) in [7, 11) is -3.79. The Morgan fingerprint density at radius 3 is 2.67 bits per heavy atom. The van der Waals surface area contributed by atoms with Gasteiger partial charge in [-0.15, -0.1) is 0 Å². The highest BCUT2D eigenvalue weighted by Gasteiger charge is 2.17. The van der Waals surface area contributed by atoms with Gasteiger partial charge in [-0.05, 0) is 24.3 Å². The number of hydrogen-bond acceptors (Lipinski definition) is 4. The van der Waals surface area contributed by atoms with Crippen molar-refractivity contribution in [1.29, 1.82) is 0 Å². The van der Waals surface area contributed by atoms with Gasteiger partial charge in [0.15, 0.2) is 0 Å². The van der Waals surface area contributed by atoms with Gasteiger partial charge >= 0.3 is 0 Å². The highest BCUT2D eigenvalue weighted by molar-refractivity contribution is 7.93. The van der Waals surface area contributed by atoms with E-state index in [-0.39, 0.29) is 10.6 Å². The number of nitrogens with zero attached hydrogens (tertiary/aromatic N) is 2. The van der Waals surface area contributed by atoms with Crippen LogP contribution in [0.25, 0.3) is 10.8 Å². The maximum Gasteiger partial charge on any atom is 0.262 e. The molecule has 5 nitrogen and oxygen atoms in total. The van der Waals surface area contributed by atoms with Crippen molar-refractivity contribution in [2.75, 3.05) is 4.72 Å². The summed E-state index contributed by atoms with van der Waals surface area (Å²) >= 11 is 0. The van der Waals surface area contributed by atoms with Gasteiger partial charge in [0.25, 0.3) is 10.0 Å². The minimum Gasteiger partial charge on any atom is -0.278 e. The Balaban J connectivity index is 2.06. The first-order chi connectivity index (χ1) is 10.1. The fourth-order valence-corrected chi connectivity index (χ4v) is 3.25. The van der Waals surface area contributed by atoms with E-state index in [9.17, 15) is 12.8 Å². The van der Waals surface area contributed by atoms with Crippen LogP contribution in [0, 0.1) is 5.95 Å². The SMILES string of the molecule is O=S(=O)(Nc1ccc(F)nc1)c1cccc2cnccc12. The quantitative estimate of drug-likeness (QED) is 0.755. The van der Waals surface area contributed by atoms with E-state index >= 15 is 0 Å². The monoisotopic (exact) mass is 303 g/mol. The Morgan fingerprint density at radius 2 is 1.90 bits per heavy atom. The summed E-state index contributed by atoms with van der Waals surface area (Å²) in [6, 6.07) is 8.95. The molecule has 2 aromatic heterocycles. The Bertz CT molecular complexity index is 890. The molecular weight excluding hydrogens is 293 g/mol. The number of aromatic nitrogens is 2. The Morgan fingerprint density at radius 1 is 1.05 bits per heavy atom. The van der Waals surface area contributed by atoms with E-state index in [1.807, 2.05) is 0 Å². The summed E-state index contributed by atoms with van der Waals surface area (Å²) in [5.41, 5.74) is 0.197. The van der Waals surface area contributed by atoms with E-state index in [1.54, 1.807) is 24.4 Å². The number of sulfonamides is 1. The van der Waals surface area contributed by atoms with Gasteiger partial charge < -0.3 is 0 Å². The molecule has 0 saturated heterocycles. The summed E-state index contributed by atoms with van der Waals surface area (Å²) in [6.07, 6.45) is 4.24. The Kier molecular flexibility index (Phi) is 3.26. The predicted molar refractivity (Wildman–Crippen MR) is 76.7 cm³/mol. The number of anilines is 1. The largest absolute Gasteiger partial charge is 0.278 e. The van der Waals surface area contributed by atoms with Crippen molar-refractivity contribution >= 4 is 26.5 Å². The van der Waals surface area contributed by atoms with Gasteiger partial charge in [0, 0.05) is 23.2 Å².